The second-order valence-electron chi connectivity index (χ2n) is 3.54. The van der Waals surface area contributed by atoms with Gasteiger partial charge in [-0.2, -0.15) is 0 Å². The molecule has 0 unspecified atom stereocenters. The smallest absolute Gasteiger partial charge is 0.171 e. The van der Waals surface area contributed by atoms with Gasteiger partial charge >= 0.3 is 0 Å². The molecule has 76 valence electrons. The third-order valence-corrected chi connectivity index (χ3v) is 1.72. The Labute approximate surface area is 80.8 Å². The highest BCUT2D eigenvalue weighted by Gasteiger charge is 2.00. The molecule has 0 heterocycles. The van der Waals surface area contributed by atoms with Crippen LogP contribution in [0.15, 0.2) is 12.2 Å². The summed E-state index contributed by atoms with van der Waals surface area (Å²) < 4.78 is 0. The molecule has 0 bridgehead atoms. The summed E-state index contributed by atoms with van der Waals surface area (Å²) in [5.41, 5.74) is 0.625. The molecule has 3 heteroatoms. The number of nitrogens with zero attached hydrogens (tertiary/aromatic N) is 1. The van der Waals surface area contributed by atoms with E-state index in [1.54, 1.807) is 6.92 Å². The Hall–Kier alpha value is -0.670. The highest BCUT2D eigenvalue weighted by atomic mass is 16.1. The Morgan fingerprint density at radius 2 is 2.08 bits per heavy atom. The van der Waals surface area contributed by atoms with Gasteiger partial charge in [0, 0.05) is 0 Å². The monoisotopic (exact) mass is 184 g/mol. The van der Waals surface area contributed by atoms with Crippen molar-refractivity contribution in [1.82, 2.24) is 10.2 Å². The summed E-state index contributed by atoms with van der Waals surface area (Å²) in [5.74, 6) is 0.102. The second-order valence-corrected chi connectivity index (χ2v) is 3.54. The lowest BCUT2D eigenvalue weighted by molar-refractivity contribution is -0.114. The molecule has 1 N–H and O–H groups in total. The average Bonchev–Trinajstić information content (AvgIpc) is 2.02. The minimum atomic E-state index is 0.102. The zero-order chi connectivity index (χ0) is 10.3. The molecule has 0 fully saturated rings. The van der Waals surface area contributed by atoms with Crippen molar-refractivity contribution < 1.29 is 4.79 Å². The van der Waals surface area contributed by atoms with Crippen molar-refractivity contribution in [1.29, 1.82) is 0 Å². The van der Waals surface area contributed by atoms with Crippen molar-refractivity contribution in [3.63, 3.8) is 0 Å². The highest BCUT2D eigenvalue weighted by Crippen LogP contribution is 1.87. The summed E-state index contributed by atoms with van der Waals surface area (Å²) in [6.07, 6.45) is 1.07. The van der Waals surface area contributed by atoms with Gasteiger partial charge in [-0.1, -0.05) is 6.58 Å². The van der Waals surface area contributed by atoms with E-state index in [-0.39, 0.29) is 5.78 Å². The topological polar surface area (TPSA) is 32.3 Å². The Bertz CT molecular complexity index is 176. The van der Waals surface area contributed by atoms with Crippen molar-refractivity contribution in [2.45, 2.75) is 13.3 Å². The summed E-state index contributed by atoms with van der Waals surface area (Å²) >= 11 is 0. The Balaban J connectivity index is 3.26. The number of carbonyl (C=O) groups excluding carboxylic acids is 1. The quantitative estimate of drug-likeness (QED) is 0.466. The predicted molar refractivity (Wildman–Crippen MR) is 55.9 cm³/mol. The van der Waals surface area contributed by atoms with E-state index >= 15 is 0 Å². The SMILES string of the molecule is C=C(C)C(=O)CNCCCN(C)C. The van der Waals surface area contributed by atoms with E-state index in [4.69, 9.17) is 0 Å². The van der Waals surface area contributed by atoms with Crippen LogP contribution in [0.3, 0.4) is 0 Å². The zero-order valence-corrected chi connectivity index (χ0v) is 8.89. The maximum atomic E-state index is 11.1. The molecule has 0 aliphatic rings. The lowest BCUT2D eigenvalue weighted by Crippen LogP contribution is -2.26. The minimum Gasteiger partial charge on any atom is -0.310 e. The standard InChI is InChI=1S/C10H20N2O/c1-9(2)10(13)8-11-6-5-7-12(3)4/h11H,1,5-8H2,2-4H3. The number of carbonyl (C=O) groups is 1. The molecular weight excluding hydrogens is 164 g/mol. The number of rotatable bonds is 7. The van der Waals surface area contributed by atoms with Gasteiger partial charge in [0.2, 0.25) is 0 Å². The molecule has 0 aliphatic heterocycles. The molecular formula is C10H20N2O. The summed E-state index contributed by atoms with van der Waals surface area (Å²) in [4.78, 5) is 13.2. The average molecular weight is 184 g/mol. The summed E-state index contributed by atoms with van der Waals surface area (Å²) in [5, 5.41) is 3.08. The van der Waals surface area contributed by atoms with Gasteiger partial charge in [0.1, 0.15) is 0 Å². The van der Waals surface area contributed by atoms with Gasteiger partial charge in [0.05, 0.1) is 6.54 Å². The van der Waals surface area contributed by atoms with Crippen LogP contribution in [0, 0.1) is 0 Å². The van der Waals surface area contributed by atoms with Crippen LogP contribution in [0.1, 0.15) is 13.3 Å². The maximum Gasteiger partial charge on any atom is 0.171 e. The molecule has 0 radical (unpaired) electrons. The van der Waals surface area contributed by atoms with Crippen LogP contribution in [0.25, 0.3) is 0 Å². The maximum absolute atomic E-state index is 11.1. The molecule has 0 atom stereocenters. The van der Waals surface area contributed by atoms with Gasteiger partial charge in [0.15, 0.2) is 5.78 Å². The molecule has 0 aromatic heterocycles. The Kier molecular flexibility index (Phi) is 6.45. The molecule has 13 heavy (non-hydrogen) atoms. The van der Waals surface area contributed by atoms with Crippen molar-refractivity contribution in [3.8, 4) is 0 Å². The fourth-order valence-corrected chi connectivity index (χ4v) is 0.873. The van der Waals surface area contributed by atoms with Gasteiger partial charge < -0.3 is 10.2 Å². The number of nitrogens with one attached hydrogen (secondary N) is 1. The van der Waals surface area contributed by atoms with E-state index in [0.29, 0.717) is 12.1 Å². The predicted octanol–water partition coefficient (Wildman–Crippen LogP) is 0.673. The molecule has 0 aliphatic carbocycles. The first-order chi connectivity index (χ1) is 6.04. The van der Waals surface area contributed by atoms with Gasteiger partial charge in [-0.3, -0.25) is 4.79 Å². The first kappa shape index (κ1) is 12.3. The van der Waals surface area contributed by atoms with Crippen molar-refractivity contribution >= 4 is 5.78 Å². The van der Waals surface area contributed by atoms with Crippen LogP contribution >= 0.6 is 0 Å². The van der Waals surface area contributed by atoms with E-state index in [1.165, 1.54) is 0 Å². The third kappa shape index (κ3) is 7.68. The molecule has 0 saturated heterocycles. The number of Topliss-reactive ketones (excluding diaryl/α,β-unsaturated/α-hetero) is 1. The molecule has 0 rings (SSSR count). The fourth-order valence-electron chi connectivity index (χ4n) is 0.873. The zero-order valence-electron chi connectivity index (χ0n) is 8.89. The van der Waals surface area contributed by atoms with Crippen molar-refractivity contribution in [2.75, 3.05) is 33.7 Å². The summed E-state index contributed by atoms with van der Waals surface area (Å²) in [6.45, 7) is 7.68. The third-order valence-electron chi connectivity index (χ3n) is 1.72. The van der Waals surface area contributed by atoms with E-state index in [9.17, 15) is 4.79 Å². The second kappa shape index (κ2) is 6.80. The van der Waals surface area contributed by atoms with Gasteiger partial charge in [-0.25, -0.2) is 0 Å². The molecule has 0 spiro atoms. The Morgan fingerprint density at radius 1 is 1.46 bits per heavy atom. The van der Waals surface area contributed by atoms with E-state index in [2.05, 4.69) is 16.8 Å². The summed E-state index contributed by atoms with van der Waals surface area (Å²) in [6, 6.07) is 0. The molecule has 0 amide bonds. The van der Waals surface area contributed by atoms with Crippen LogP contribution in [0.2, 0.25) is 0 Å². The van der Waals surface area contributed by atoms with Gasteiger partial charge in [-0.05, 0) is 46.1 Å². The largest absolute Gasteiger partial charge is 0.310 e. The van der Waals surface area contributed by atoms with Crippen LogP contribution < -0.4 is 5.32 Å². The first-order valence-corrected chi connectivity index (χ1v) is 4.58. The Morgan fingerprint density at radius 3 is 2.54 bits per heavy atom. The lowest BCUT2D eigenvalue weighted by atomic mass is 10.2. The number of ketones is 1. The lowest BCUT2D eigenvalue weighted by Gasteiger charge is -2.09. The molecule has 0 saturated carbocycles. The molecule has 0 aromatic rings. The normalized spacial score (nSPS) is 10.5. The minimum absolute atomic E-state index is 0.102. The molecule has 0 aromatic carbocycles. The van der Waals surface area contributed by atoms with Crippen LogP contribution in [0.4, 0.5) is 0 Å². The van der Waals surface area contributed by atoms with Crippen LogP contribution in [0.5, 0.6) is 0 Å². The fraction of sp³-hybridized carbons (Fsp3) is 0.700. The highest BCUT2D eigenvalue weighted by molar-refractivity contribution is 5.95. The van der Waals surface area contributed by atoms with Crippen LogP contribution in [-0.4, -0.2) is 44.4 Å². The van der Waals surface area contributed by atoms with Crippen molar-refractivity contribution in [2.24, 2.45) is 0 Å². The number of hydrogen-bond acceptors (Lipinski definition) is 3. The van der Waals surface area contributed by atoms with Crippen LogP contribution in [-0.2, 0) is 4.79 Å². The van der Waals surface area contributed by atoms with Crippen molar-refractivity contribution in [3.05, 3.63) is 12.2 Å². The van der Waals surface area contributed by atoms with E-state index < -0.39 is 0 Å². The molecule has 3 nitrogen and oxygen atoms in total. The van der Waals surface area contributed by atoms with E-state index in [0.717, 1.165) is 19.5 Å². The van der Waals surface area contributed by atoms with E-state index in [1.807, 2.05) is 14.1 Å². The number of hydrogen-bond donors (Lipinski definition) is 1. The first-order valence-electron chi connectivity index (χ1n) is 4.58. The van der Waals surface area contributed by atoms with Gasteiger partial charge in [-0.15, -0.1) is 0 Å². The van der Waals surface area contributed by atoms with Gasteiger partial charge in [0.25, 0.3) is 0 Å². The summed E-state index contributed by atoms with van der Waals surface area (Å²) in [7, 11) is 4.08.